The first-order valence-electron chi connectivity index (χ1n) is 4.57. The Morgan fingerprint density at radius 2 is 2.08 bits per heavy atom. The van der Waals surface area contributed by atoms with Crippen LogP contribution in [0.3, 0.4) is 0 Å². The Balaban J connectivity index is 4.08. The van der Waals surface area contributed by atoms with Crippen LogP contribution in [0.5, 0.6) is 0 Å². The van der Waals surface area contributed by atoms with Crippen LogP contribution in [-0.2, 0) is 4.79 Å². The van der Waals surface area contributed by atoms with E-state index in [4.69, 9.17) is 0 Å². The number of allylic oxidation sites excluding steroid dienone is 2. The van der Waals surface area contributed by atoms with Crippen LogP contribution in [0, 0.1) is 5.92 Å². The third kappa shape index (κ3) is 3.56. The predicted molar refractivity (Wildman–Crippen MR) is 51.9 cm³/mol. The largest absolute Gasteiger partial charge is 0.382 e. The molecule has 0 saturated carbocycles. The summed E-state index contributed by atoms with van der Waals surface area (Å²) in [4.78, 5) is 11.4. The van der Waals surface area contributed by atoms with Crippen LogP contribution in [0.2, 0.25) is 0 Å². The first kappa shape index (κ1) is 11.2. The topological polar surface area (TPSA) is 29.1 Å². The van der Waals surface area contributed by atoms with Crippen LogP contribution in [0.1, 0.15) is 34.1 Å². The van der Waals surface area contributed by atoms with E-state index in [0.29, 0.717) is 0 Å². The molecule has 0 bridgehead atoms. The molecule has 0 heterocycles. The van der Waals surface area contributed by atoms with Crippen molar-refractivity contribution in [2.75, 3.05) is 6.54 Å². The number of Topliss-reactive ketones (excluding diaryl/α,β-unsaturated/α-hetero) is 1. The van der Waals surface area contributed by atoms with Crippen molar-refractivity contribution in [3.63, 3.8) is 0 Å². The molecule has 0 radical (unpaired) electrons. The van der Waals surface area contributed by atoms with Gasteiger partial charge in [-0.25, -0.2) is 0 Å². The zero-order valence-corrected chi connectivity index (χ0v) is 8.48. The van der Waals surface area contributed by atoms with Crippen molar-refractivity contribution in [3.8, 4) is 0 Å². The van der Waals surface area contributed by atoms with Gasteiger partial charge in [-0.05, 0) is 13.3 Å². The molecule has 70 valence electrons. The lowest BCUT2D eigenvalue weighted by atomic mass is 10.1. The average molecular weight is 169 g/mol. The highest BCUT2D eigenvalue weighted by Gasteiger charge is 2.11. The molecule has 0 atom stereocenters. The molecule has 0 amide bonds. The minimum atomic E-state index is 0.0838. The lowest BCUT2D eigenvalue weighted by Crippen LogP contribution is -2.24. The molecule has 0 fully saturated rings. The van der Waals surface area contributed by atoms with E-state index in [2.05, 4.69) is 12.2 Å². The summed E-state index contributed by atoms with van der Waals surface area (Å²) in [7, 11) is 0. The lowest BCUT2D eigenvalue weighted by molar-refractivity contribution is -0.118. The SMILES string of the molecule is C/C=C(\NCCC)C(=O)C(C)C. The van der Waals surface area contributed by atoms with E-state index in [9.17, 15) is 4.79 Å². The van der Waals surface area contributed by atoms with Gasteiger partial charge in [0.1, 0.15) is 0 Å². The molecule has 2 nitrogen and oxygen atoms in total. The minimum Gasteiger partial charge on any atom is -0.382 e. The van der Waals surface area contributed by atoms with Crippen LogP contribution < -0.4 is 5.32 Å². The molecule has 12 heavy (non-hydrogen) atoms. The number of nitrogens with one attached hydrogen (secondary N) is 1. The fourth-order valence-electron chi connectivity index (χ4n) is 0.902. The first-order valence-corrected chi connectivity index (χ1v) is 4.57. The summed E-state index contributed by atoms with van der Waals surface area (Å²) in [5, 5.41) is 3.11. The summed E-state index contributed by atoms with van der Waals surface area (Å²) in [5.41, 5.74) is 0.756. The maximum Gasteiger partial charge on any atom is 0.180 e. The Morgan fingerprint density at radius 3 is 2.42 bits per heavy atom. The number of carbonyl (C=O) groups excluding carboxylic acids is 1. The van der Waals surface area contributed by atoms with Gasteiger partial charge in [0.2, 0.25) is 0 Å². The molecule has 1 N–H and O–H groups in total. The zero-order chi connectivity index (χ0) is 9.56. The normalized spacial score (nSPS) is 11.9. The Labute approximate surface area is 75.0 Å². The Morgan fingerprint density at radius 1 is 1.50 bits per heavy atom. The quantitative estimate of drug-likeness (QED) is 0.639. The van der Waals surface area contributed by atoms with Crippen molar-refractivity contribution >= 4 is 5.78 Å². The minimum absolute atomic E-state index is 0.0838. The van der Waals surface area contributed by atoms with Crippen molar-refractivity contribution in [1.82, 2.24) is 5.32 Å². The Bertz CT molecular complexity index is 171. The summed E-state index contributed by atoms with van der Waals surface area (Å²) in [5.74, 6) is 0.284. The Kier molecular flexibility index (Phi) is 5.43. The van der Waals surface area contributed by atoms with Crippen molar-refractivity contribution in [2.24, 2.45) is 5.92 Å². The van der Waals surface area contributed by atoms with E-state index in [-0.39, 0.29) is 11.7 Å². The summed E-state index contributed by atoms with van der Waals surface area (Å²) >= 11 is 0. The molecule has 0 aliphatic heterocycles. The van der Waals surface area contributed by atoms with Gasteiger partial charge < -0.3 is 5.32 Å². The summed E-state index contributed by atoms with van der Waals surface area (Å²) < 4.78 is 0. The molecule has 0 rings (SSSR count). The standard InChI is InChI=1S/C10H19NO/c1-5-7-11-9(6-2)10(12)8(3)4/h6,8,11H,5,7H2,1-4H3/b9-6-. The molecular formula is C10H19NO. The molecule has 0 saturated heterocycles. The van der Waals surface area contributed by atoms with E-state index in [0.717, 1.165) is 18.7 Å². The molecule has 0 aromatic heterocycles. The van der Waals surface area contributed by atoms with Gasteiger partial charge in [0.05, 0.1) is 5.70 Å². The smallest absolute Gasteiger partial charge is 0.180 e. The average Bonchev–Trinajstić information content (AvgIpc) is 2.05. The van der Waals surface area contributed by atoms with Gasteiger partial charge in [0.25, 0.3) is 0 Å². The molecular weight excluding hydrogens is 150 g/mol. The van der Waals surface area contributed by atoms with E-state index in [1.165, 1.54) is 0 Å². The van der Waals surface area contributed by atoms with Crippen LogP contribution in [0.4, 0.5) is 0 Å². The second-order valence-corrected chi connectivity index (χ2v) is 3.15. The van der Waals surface area contributed by atoms with E-state index < -0.39 is 0 Å². The summed E-state index contributed by atoms with van der Waals surface area (Å²) in [6.45, 7) is 8.68. The third-order valence-corrected chi connectivity index (χ3v) is 1.64. The third-order valence-electron chi connectivity index (χ3n) is 1.64. The molecule has 0 unspecified atom stereocenters. The van der Waals surface area contributed by atoms with Crippen LogP contribution in [-0.4, -0.2) is 12.3 Å². The molecule has 0 aromatic carbocycles. The monoisotopic (exact) mass is 169 g/mol. The van der Waals surface area contributed by atoms with Gasteiger partial charge in [-0.1, -0.05) is 26.8 Å². The number of ketones is 1. The van der Waals surface area contributed by atoms with Gasteiger partial charge in [0, 0.05) is 12.5 Å². The number of hydrogen-bond acceptors (Lipinski definition) is 2. The van der Waals surface area contributed by atoms with Gasteiger partial charge in [0.15, 0.2) is 5.78 Å². The van der Waals surface area contributed by atoms with E-state index in [1.54, 1.807) is 0 Å². The highest BCUT2D eigenvalue weighted by atomic mass is 16.1. The predicted octanol–water partition coefficient (Wildman–Crippen LogP) is 2.11. The molecule has 0 aliphatic rings. The molecule has 0 spiro atoms. The van der Waals surface area contributed by atoms with E-state index >= 15 is 0 Å². The van der Waals surface area contributed by atoms with Crippen LogP contribution in [0.15, 0.2) is 11.8 Å². The van der Waals surface area contributed by atoms with Gasteiger partial charge >= 0.3 is 0 Å². The van der Waals surface area contributed by atoms with Crippen LogP contribution in [0.25, 0.3) is 0 Å². The molecule has 2 heteroatoms. The van der Waals surface area contributed by atoms with Crippen molar-refractivity contribution in [2.45, 2.75) is 34.1 Å². The maximum absolute atomic E-state index is 11.4. The van der Waals surface area contributed by atoms with Crippen molar-refractivity contribution < 1.29 is 4.79 Å². The van der Waals surface area contributed by atoms with Gasteiger partial charge in [-0.15, -0.1) is 0 Å². The highest BCUT2D eigenvalue weighted by molar-refractivity contribution is 5.95. The number of hydrogen-bond donors (Lipinski definition) is 1. The second-order valence-electron chi connectivity index (χ2n) is 3.15. The highest BCUT2D eigenvalue weighted by Crippen LogP contribution is 2.02. The fourth-order valence-corrected chi connectivity index (χ4v) is 0.902. The Hall–Kier alpha value is -0.790. The first-order chi connectivity index (χ1) is 5.63. The van der Waals surface area contributed by atoms with Crippen LogP contribution >= 0.6 is 0 Å². The lowest BCUT2D eigenvalue weighted by Gasteiger charge is -2.10. The van der Waals surface area contributed by atoms with Gasteiger partial charge in [-0.3, -0.25) is 4.79 Å². The maximum atomic E-state index is 11.4. The number of rotatable bonds is 5. The van der Waals surface area contributed by atoms with Crippen molar-refractivity contribution in [1.29, 1.82) is 0 Å². The second kappa shape index (κ2) is 5.81. The number of carbonyl (C=O) groups is 1. The van der Waals surface area contributed by atoms with Crippen molar-refractivity contribution in [3.05, 3.63) is 11.8 Å². The van der Waals surface area contributed by atoms with E-state index in [1.807, 2.05) is 26.8 Å². The fraction of sp³-hybridized carbons (Fsp3) is 0.700. The zero-order valence-electron chi connectivity index (χ0n) is 8.48. The summed E-state index contributed by atoms with van der Waals surface area (Å²) in [6.07, 6.45) is 2.89. The molecule has 0 aliphatic carbocycles. The van der Waals surface area contributed by atoms with Gasteiger partial charge in [-0.2, -0.15) is 0 Å². The molecule has 0 aromatic rings. The summed E-state index contributed by atoms with van der Waals surface area (Å²) in [6, 6.07) is 0.